The second kappa shape index (κ2) is 6.21. The molecule has 0 aliphatic heterocycles. The Morgan fingerprint density at radius 3 is 2.38 bits per heavy atom. The number of hydrogen-bond acceptors (Lipinski definition) is 2. The van der Waals surface area contributed by atoms with Crippen molar-refractivity contribution < 1.29 is 9.47 Å². The molecule has 2 aromatic rings. The van der Waals surface area contributed by atoms with Crippen LogP contribution >= 0.6 is 0 Å². The Morgan fingerprint density at radius 1 is 0.952 bits per heavy atom. The minimum atomic E-state index is 0.610. The zero-order valence-corrected chi connectivity index (χ0v) is 12.6. The van der Waals surface area contributed by atoms with Gasteiger partial charge in [0, 0.05) is 0 Å². The van der Waals surface area contributed by atoms with Gasteiger partial charge in [0.25, 0.3) is 0 Å². The molecule has 21 heavy (non-hydrogen) atoms. The lowest BCUT2D eigenvalue weighted by Crippen LogP contribution is -2.14. The van der Waals surface area contributed by atoms with Crippen LogP contribution in [-0.2, 0) is 12.8 Å². The molecule has 1 aliphatic carbocycles. The Hall–Kier alpha value is -1.96. The van der Waals surface area contributed by atoms with E-state index in [1.165, 1.54) is 23.1 Å². The molecule has 0 amide bonds. The predicted octanol–water partition coefficient (Wildman–Crippen LogP) is 4.06. The fourth-order valence-corrected chi connectivity index (χ4v) is 2.99. The van der Waals surface area contributed by atoms with Gasteiger partial charge >= 0.3 is 0 Å². The van der Waals surface area contributed by atoms with E-state index in [-0.39, 0.29) is 0 Å². The van der Waals surface area contributed by atoms with E-state index >= 15 is 0 Å². The van der Waals surface area contributed by atoms with Gasteiger partial charge in [-0.05, 0) is 72.6 Å². The Kier molecular flexibility index (Phi) is 4.14. The van der Waals surface area contributed by atoms with Crippen LogP contribution in [0.25, 0.3) is 0 Å². The molecule has 1 radical (unpaired) electrons. The van der Waals surface area contributed by atoms with Gasteiger partial charge in [-0.15, -0.1) is 0 Å². The van der Waals surface area contributed by atoms with Crippen molar-refractivity contribution >= 4 is 0 Å². The van der Waals surface area contributed by atoms with E-state index in [1.54, 1.807) is 14.2 Å². The fourth-order valence-electron chi connectivity index (χ4n) is 2.99. The highest BCUT2D eigenvalue weighted by molar-refractivity contribution is 5.42. The third-order valence-electron chi connectivity index (χ3n) is 4.21. The maximum absolute atomic E-state index is 5.30. The summed E-state index contributed by atoms with van der Waals surface area (Å²) in [6.45, 7) is 0. The van der Waals surface area contributed by atoms with E-state index in [1.807, 2.05) is 18.2 Å². The van der Waals surface area contributed by atoms with Gasteiger partial charge in [0.1, 0.15) is 11.5 Å². The van der Waals surface area contributed by atoms with Crippen LogP contribution in [0.15, 0.2) is 42.5 Å². The first kappa shape index (κ1) is 14.0. The lowest BCUT2D eigenvalue weighted by molar-refractivity contribution is 0.413. The van der Waals surface area contributed by atoms with Gasteiger partial charge in [0.05, 0.1) is 14.2 Å². The Bertz CT molecular complexity index is 601. The first-order valence-corrected chi connectivity index (χ1v) is 7.43. The summed E-state index contributed by atoms with van der Waals surface area (Å²) in [5, 5.41) is 0. The molecular weight excluding hydrogens is 260 g/mol. The number of hydrogen-bond donors (Lipinski definition) is 0. The van der Waals surface area contributed by atoms with E-state index in [4.69, 9.17) is 9.47 Å². The number of benzene rings is 2. The van der Waals surface area contributed by atoms with E-state index in [2.05, 4.69) is 30.7 Å². The highest BCUT2D eigenvalue weighted by Crippen LogP contribution is 2.32. The second-order valence-corrected chi connectivity index (χ2v) is 5.58. The summed E-state index contributed by atoms with van der Waals surface area (Å²) in [5.74, 6) is 2.49. The third kappa shape index (κ3) is 3.21. The lowest BCUT2D eigenvalue weighted by Gasteiger charge is -2.24. The van der Waals surface area contributed by atoms with Crippen molar-refractivity contribution in [2.24, 2.45) is 5.92 Å². The monoisotopic (exact) mass is 281 g/mol. The van der Waals surface area contributed by atoms with Crippen LogP contribution in [-0.4, -0.2) is 14.2 Å². The summed E-state index contributed by atoms with van der Waals surface area (Å²) in [4.78, 5) is 0. The van der Waals surface area contributed by atoms with E-state index in [9.17, 15) is 0 Å². The average Bonchev–Trinajstić information content (AvgIpc) is 2.55. The second-order valence-electron chi connectivity index (χ2n) is 5.58. The standard InChI is InChI=1S/C19H21O2/c1-20-18-8-4-14(5-9-18)11-15-3-6-17-13-19(21-2)10-7-16(17)12-15/h4-5,7-10,12-13,15H,3,6,11H2,1-2H3. The van der Waals surface area contributed by atoms with Crippen molar-refractivity contribution in [3.63, 3.8) is 0 Å². The van der Waals surface area contributed by atoms with Gasteiger partial charge < -0.3 is 9.47 Å². The summed E-state index contributed by atoms with van der Waals surface area (Å²) >= 11 is 0. The molecule has 0 saturated heterocycles. The zero-order chi connectivity index (χ0) is 14.7. The minimum absolute atomic E-state index is 0.610. The maximum atomic E-state index is 5.30. The quantitative estimate of drug-likeness (QED) is 0.841. The van der Waals surface area contributed by atoms with Crippen molar-refractivity contribution in [1.82, 2.24) is 0 Å². The first-order valence-electron chi connectivity index (χ1n) is 7.43. The number of methoxy groups -OCH3 is 2. The smallest absolute Gasteiger partial charge is 0.119 e. The molecule has 0 saturated carbocycles. The number of ether oxygens (including phenoxy) is 2. The van der Waals surface area contributed by atoms with Gasteiger partial charge in [-0.25, -0.2) is 0 Å². The molecule has 0 heterocycles. The van der Waals surface area contributed by atoms with Crippen molar-refractivity contribution in [2.45, 2.75) is 19.3 Å². The lowest BCUT2D eigenvalue weighted by atomic mass is 9.81. The van der Waals surface area contributed by atoms with E-state index < -0.39 is 0 Å². The maximum Gasteiger partial charge on any atom is 0.119 e. The van der Waals surface area contributed by atoms with Crippen LogP contribution in [0.4, 0.5) is 0 Å². The fraction of sp³-hybridized carbons (Fsp3) is 0.316. The van der Waals surface area contributed by atoms with Crippen molar-refractivity contribution in [2.75, 3.05) is 14.2 Å². The van der Waals surface area contributed by atoms with Gasteiger partial charge in [-0.1, -0.05) is 18.2 Å². The SMILES string of the molecule is COc1ccc(CC2[CH]c3ccc(OC)cc3CC2)cc1. The van der Waals surface area contributed by atoms with E-state index in [0.717, 1.165) is 24.3 Å². The van der Waals surface area contributed by atoms with Crippen LogP contribution in [0.2, 0.25) is 0 Å². The summed E-state index contributed by atoms with van der Waals surface area (Å²) in [5.41, 5.74) is 4.13. The van der Waals surface area contributed by atoms with Gasteiger partial charge in [-0.3, -0.25) is 0 Å². The normalized spacial score (nSPS) is 17.1. The van der Waals surface area contributed by atoms with Crippen molar-refractivity contribution in [3.8, 4) is 11.5 Å². The molecule has 0 fully saturated rings. The van der Waals surface area contributed by atoms with Crippen LogP contribution in [0.3, 0.4) is 0 Å². The van der Waals surface area contributed by atoms with Crippen molar-refractivity contribution in [1.29, 1.82) is 0 Å². The molecule has 1 aliphatic rings. The zero-order valence-electron chi connectivity index (χ0n) is 12.6. The van der Waals surface area contributed by atoms with Gasteiger partial charge in [0.2, 0.25) is 0 Å². The molecule has 0 spiro atoms. The molecule has 2 aromatic carbocycles. The van der Waals surface area contributed by atoms with Crippen LogP contribution in [0, 0.1) is 12.3 Å². The number of rotatable bonds is 4. The van der Waals surface area contributed by atoms with Gasteiger partial charge in [0.15, 0.2) is 0 Å². The predicted molar refractivity (Wildman–Crippen MR) is 84.9 cm³/mol. The molecule has 0 bridgehead atoms. The summed E-state index contributed by atoms with van der Waals surface area (Å²) in [7, 11) is 3.43. The summed E-state index contributed by atoms with van der Waals surface area (Å²) < 4.78 is 10.5. The molecule has 0 N–H and O–H groups in total. The Morgan fingerprint density at radius 2 is 1.67 bits per heavy atom. The highest BCUT2D eigenvalue weighted by Gasteiger charge is 2.19. The number of fused-ring (bicyclic) bond motifs is 1. The largest absolute Gasteiger partial charge is 0.497 e. The van der Waals surface area contributed by atoms with Gasteiger partial charge in [-0.2, -0.15) is 0 Å². The summed E-state index contributed by atoms with van der Waals surface area (Å²) in [6, 6.07) is 14.8. The molecule has 2 heteroatoms. The Balaban J connectivity index is 1.68. The molecular formula is C19H21O2. The molecule has 109 valence electrons. The topological polar surface area (TPSA) is 18.5 Å². The molecule has 1 unspecified atom stereocenters. The van der Waals surface area contributed by atoms with E-state index in [0.29, 0.717) is 5.92 Å². The first-order chi connectivity index (χ1) is 10.3. The molecule has 1 atom stereocenters. The highest BCUT2D eigenvalue weighted by atomic mass is 16.5. The number of aryl methyl sites for hydroxylation is 1. The molecule has 3 rings (SSSR count). The van der Waals surface area contributed by atoms with Crippen LogP contribution in [0.1, 0.15) is 23.1 Å². The third-order valence-corrected chi connectivity index (χ3v) is 4.21. The summed E-state index contributed by atoms with van der Waals surface area (Å²) in [6.07, 6.45) is 5.83. The average molecular weight is 281 g/mol. The van der Waals surface area contributed by atoms with Crippen molar-refractivity contribution in [3.05, 3.63) is 65.6 Å². The molecule has 2 nitrogen and oxygen atoms in total. The van der Waals surface area contributed by atoms with Crippen LogP contribution < -0.4 is 9.47 Å². The molecule has 0 aromatic heterocycles. The van der Waals surface area contributed by atoms with Crippen LogP contribution in [0.5, 0.6) is 11.5 Å². The Labute approximate surface area is 126 Å². The minimum Gasteiger partial charge on any atom is -0.497 e.